The molecule has 0 aliphatic carbocycles. The normalized spacial score (nSPS) is 15.8. The van der Waals surface area contributed by atoms with Gasteiger partial charge in [-0.3, -0.25) is 0 Å². The van der Waals surface area contributed by atoms with Crippen LogP contribution in [0.2, 0.25) is 0 Å². The number of hydrogen-bond donors (Lipinski definition) is 0. The van der Waals surface area contributed by atoms with Gasteiger partial charge in [0.05, 0.1) is 0 Å². The third kappa shape index (κ3) is 7.05. The molecule has 0 aromatic rings. The van der Waals surface area contributed by atoms with Gasteiger partial charge >= 0.3 is 0 Å². The van der Waals surface area contributed by atoms with Crippen molar-refractivity contribution in [1.29, 1.82) is 0 Å². The highest BCUT2D eigenvalue weighted by Gasteiger charge is 2.11. The molecule has 4 heteroatoms. The van der Waals surface area contributed by atoms with Crippen molar-refractivity contribution in [2.45, 2.75) is 38.8 Å². The maximum atomic E-state index is 2.33. The third-order valence-electron chi connectivity index (χ3n) is 3.01. The van der Waals surface area contributed by atoms with Crippen LogP contribution in [0.15, 0.2) is 0 Å². The quantitative estimate of drug-likeness (QED) is 0.466. The summed E-state index contributed by atoms with van der Waals surface area (Å²) in [6.45, 7) is 4.54. The van der Waals surface area contributed by atoms with Gasteiger partial charge < -0.3 is 9.80 Å². The molecule has 0 saturated heterocycles. The second-order valence-electron chi connectivity index (χ2n) is 4.62. The van der Waals surface area contributed by atoms with Crippen molar-refractivity contribution in [2.75, 3.05) is 39.7 Å². The smallest absolute Gasteiger partial charge is 0.0193 e. The van der Waals surface area contributed by atoms with Gasteiger partial charge in [-0.1, -0.05) is 35.4 Å². The minimum atomic E-state index is 0.719. The van der Waals surface area contributed by atoms with Crippen molar-refractivity contribution in [1.82, 2.24) is 9.80 Å². The highest BCUT2D eigenvalue weighted by Crippen LogP contribution is 2.26. The minimum absolute atomic E-state index is 0.719. The second-order valence-corrected chi connectivity index (χ2v) is 7.17. The predicted molar refractivity (Wildman–Crippen MR) is 80.4 cm³/mol. The third-order valence-corrected chi connectivity index (χ3v) is 5.53. The first-order valence-electron chi connectivity index (χ1n) is 6.10. The number of rotatable bonds is 9. The van der Waals surface area contributed by atoms with Crippen molar-refractivity contribution in [3.8, 4) is 0 Å². The summed E-state index contributed by atoms with van der Waals surface area (Å²) in [4.78, 5) is 4.66. The average Bonchev–Trinajstić information content (AvgIpc) is 2.22. The Hall–Kier alpha value is 0.620. The Kier molecular flexibility index (Phi) is 10.0. The molecule has 2 atom stereocenters. The lowest BCUT2D eigenvalue weighted by Crippen LogP contribution is -2.30. The van der Waals surface area contributed by atoms with Gasteiger partial charge in [0.15, 0.2) is 0 Å². The van der Waals surface area contributed by atoms with Crippen LogP contribution in [0.1, 0.15) is 26.7 Å². The SMILES string of the molecule is CCC(CSSCC(CC)N(C)C)N(C)C. The Balaban J connectivity index is 3.65. The van der Waals surface area contributed by atoms with Gasteiger partial charge in [-0.25, -0.2) is 0 Å². The molecule has 0 saturated carbocycles. The van der Waals surface area contributed by atoms with Crippen LogP contribution in [0.25, 0.3) is 0 Å². The zero-order valence-corrected chi connectivity index (χ0v) is 13.3. The monoisotopic (exact) mass is 264 g/mol. The lowest BCUT2D eigenvalue weighted by atomic mass is 10.2. The Labute approximate surface area is 110 Å². The van der Waals surface area contributed by atoms with Gasteiger partial charge in [-0.2, -0.15) is 0 Å². The lowest BCUT2D eigenvalue weighted by molar-refractivity contribution is 0.311. The van der Waals surface area contributed by atoms with E-state index in [1.807, 2.05) is 21.6 Å². The van der Waals surface area contributed by atoms with E-state index in [1.165, 1.54) is 24.3 Å². The molecule has 98 valence electrons. The molecule has 0 aliphatic heterocycles. The molecule has 2 unspecified atom stereocenters. The summed E-state index contributed by atoms with van der Waals surface area (Å²) >= 11 is 0. The highest BCUT2D eigenvalue weighted by atomic mass is 33.1. The van der Waals surface area contributed by atoms with Crippen molar-refractivity contribution in [3.05, 3.63) is 0 Å². The van der Waals surface area contributed by atoms with E-state index in [-0.39, 0.29) is 0 Å². The fraction of sp³-hybridized carbons (Fsp3) is 1.00. The summed E-state index contributed by atoms with van der Waals surface area (Å²) in [7, 11) is 12.7. The van der Waals surface area contributed by atoms with Gasteiger partial charge in [0, 0.05) is 23.6 Å². The van der Waals surface area contributed by atoms with Gasteiger partial charge in [0.2, 0.25) is 0 Å². The van der Waals surface area contributed by atoms with E-state index < -0.39 is 0 Å². The molecule has 0 amide bonds. The lowest BCUT2D eigenvalue weighted by Gasteiger charge is -2.24. The van der Waals surface area contributed by atoms with Crippen molar-refractivity contribution in [2.24, 2.45) is 0 Å². The highest BCUT2D eigenvalue weighted by molar-refractivity contribution is 8.76. The Morgan fingerprint density at radius 1 is 0.750 bits per heavy atom. The Morgan fingerprint density at radius 2 is 1.06 bits per heavy atom. The summed E-state index contributed by atoms with van der Waals surface area (Å²) in [5.74, 6) is 2.47. The molecule has 0 bridgehead atoms. The molecule has 2 nitrogen and oxygen atoms in total. The zero-order valence-electron chi connectivity index (χ0n) is 11.7. The first-order chi connectivity index (χ1) is 7.52. The van der Waals surface area contributed by atoms with Crippen LogP contribution in [-0.4, -0.2) is 61.6 Å². The van der Waals surface area contributed by atoms with Crippen molar-refractivity contribution >= 4 is 21.6 Å². The topological polar surface area (TPSA) is 6.48 Å². The van der Waals surface area contributed by atoms with E-state index >= 15 is 0 Å². The maximum absolute atomic E-state index is 2.33. The summed E-state index contributed by atoms with van der Waals surface area (Å²) < 4.78 is 0. The van der Waals surface area contributed by atoms with Crippen LogP contribution in [0.4, 0.5) is 0 Å². The zero-order chi connectivity index (χ0) is 12.6. The predicted octanol–water partition coefficient (Wildman–Crippen LogP) is 3.05. The summed E-state index contributed by atoms with van der Waals surface area (Å²) in [6.07, 6.45) is 2.48. The molecule has 16 heavy (non-hydrogen) atoms. The van der Waals surface area contributed by atoms with Gasteiger partial charge in [-0.15, -0.1) is 0 Å². The van der Waals surface area contributed by atoms with Crippen molar-refractivity contribution in [3.63, 3.8) is 0 Å². The fourth-order valence-corrected chi connectivity index (χ4v) is 4.61. The molecule has 0 heterocycles. The number of hydrogen-bond acceptors (Lipinski definition) is 4. The molecule has 0 aromatic carbocycles. The van der Waals surface area contributed by atoms with E-state index in [0.29, 0.717) is 0 Å². The van der Waals surface area contributed by atoms with Crippen LogP contribution in [0.5, 0.6) is 0 Å². The van der Waals surface area contributed by atoms with Crippen LogP contribution in [0, 0.1) is 0 Å². The molecule has 0 N–H and O–H groups in total. The molecule has 0 fully saturated rings. The molecular weight excluding hydrogens is 236 g/mol. The first kappa shape index (κ1) is 16.6. The van der Waals surface area contributed by atoms with E-state index in [1.54, 1.807) is 0 Å². The van der Waals surface area contributed by atoms with Crippen molar-refractivity contribution < 1.29 is 0 Å². The van der Waals surface area contributed by atoms with E-state index in [0.717, 1.165) is 12.1 Å². The van der Waals surface area contributed by atoms with Crippen LogP contribution < -0.4 is 0 Å². The Bertz CT molecular complexity index is 145. The van der Waals surface area contributed by atoms with E-state index in [9.17, 15) is 0 Å². The molecular formula is C12H28N2S2. The fourth-order valence-electron chi connectivity index (χ4n) is 1.52. The Morgan fingerprint density at radius 3 is 1.25 bits per heavy atom. The van der Waals surface area contributed by atoms with Crippen LogP contribution >= 0.6 is 21.6 Å². The average molecular weight is 265 g/mol. The summed E-state index contributed by atoms with van der Waals surface area (Å²) in [5, 5.41) is 0. The van der Waals surface area contributed by atoms with Gasteiger partial charge in [0.25, 0.3) is 0 Å². The van der Waals surface area contributed by atoms with Crippen LogP contribution in [-0.2, 0) is 0 Å². The maximum Gasteiger partial charge on any atom is 0.0193 e. The molecule has 0 radical (unpaired) electrons. The van der Waals surface area contributed by atoms with E-state index in [4.69, 9.17) is 0 Å². The summed E-state index contributed by atoms with van der Waals surface area (Å²) in [5.41, 5.74) is 0. The molecule has 0 rings (SSSR count). The van der Waals surface area contributed by atoms with Crippen LogP contribution in [0.3, 0.4) is 0 Å². The standard InChI is InChI=1S/C12H28N2S2/c1-7-11(13(3)4)9-15-16-10-12(8-2)14(5)6/h11-12H,7-10H2,1-6H3. The molecule has 0 aromatic heterocycles. The summed E-state index contributed by atoms with van der Waals surface area (Å²) in [6, 6.07) is 1.44. The van der Waals surface area contributed by atoms with Gasteiger partial charge in [0.1, 0.15) is 0 Å². The molecule has 0 spiro atoms. The van der Waals surface area contributed by atoms with E-state index in [2.05, 4.69) is 51.8 Å². The minimum Gasteiger partial charge on any atom is -0.306 e. The second kappa shape index (κ2) is 9.63. The first-order valence-corrected chi connectivity index (χ1v) is 8.58. The largest absolute Gasteiger partial charge is 0.306 e. The number of nitrogens with zero attached hydrogens (tertiary/aromatic N) is 2. The van der Waals surface area contributed by atoms with Gasteiger partial charge in [-0.05, 0) is 41.0 Å². The molecule has 0 aliphatic rings.